The van der Waals surface area contributed by atoms with E-state index in [4.69, 9.17) is 13.9 Å². The van der Waals surface area contributed by atoms with Gasteiger partial charge in [0.05, 0.1) is 17.9 Å². The normalized spacial score (nSPS) is 10.8. The smallest absolute Gasteiger partial charge is 0.338 e. The molecule has 0 saturated heterocycles. The third-order valence-electron chi connectivity index (χ3n) is 4.57. The lowest BCUT2D eigenvalue weighted by Gasteiger charge is -2.13. The molecule has 0 saturated carbocycles. The fraction of sp³-hybridized carbons (Fsp3) is 0.333. The summed E-state index contributed by atoms with van der Waals surface area (Å²) >= 11 is 1.12. The third kappa shape index (κ3) is 7.08. The highest BCUT2D eigenvalue weighted by atomic mass is 32.2. The number of nitrogens with one attached hydrogen (secondary N) is 1. The Morgan fingerprint density at radius 1 is 1.15 bits per heavy atom. The van der Waals surface area contributed by atoms with Gasteiger partial charge in [-0.05, 0) is 55.2 Å². The Balaban J connectivity index is 1.51. The van der Waals surface area contributed by atoms with Crippen LogP contribution in [0.15, 0.2) is 52.1 Å². The molecule has 9 heteroatoms. The predicted octanol–water partition coefficient (Wildman–Crippen LogP) is 4.99. The summed E-state index contributed by atoms with van der Waals surface area (Å²) in [4.78, 5) is 24.1. The summed E-state index contributed by atoms with van der Waals surface area (Å²) in [5.41, 5.74) is 3.09. The molecule has 0 fully saturated rings. The van der Waals surface area contributed by atoms with Crippen LogP contribution < -0.4 is 10.1 Å². The molecule has 0 atom stereocenters. The first kappa shape index (κ1) is 24.3. The number of anilines is 1. The van der Waals surface area contributed by atoms with Crippen LogP contribution >= 0.6 is 11.8 Å². The number of thioether (sulfide) groups is 1. The lowest BCUT2D eigenvalue weighted by atomic mass is 10.0. The van der Waals surface area contributed by atoms with Crippen molar-refractivity contribution in [2.45, 2.75) is 45.4 Å². The van der Waals surface area contributed by atoms with Gasteiger partial charge in [-0.1, -0.05) is 43.8 Å². The Kier molecular flexibility index (Phi) is 8.48. The van der Waals surface area contributed by atoms with Gasteiger partial charge < -0.3 is 19.2 Å². The van der Waals surface area contributed by atoms with Crippen molar-refractivity contribution in [3.05, 3.63) is 65.0 Å². The van der Waals surface area contributed by atoms with Gasteiger partial charge in [-0.3, -0.25) is 4.79 Å². The minimum Gasteiger partial charge on any atom is -0.484 e. The molecule has 0 aliphatic rings. The Hall–Kier alpha value is -3.33. The molecule has 1 amide bonds. The molecule has 0 unspecified atom stereocenters. The molecule has 174 valence electrons. The molecule has 2 aromatic carbocycles. The van der Waals surface area contributed by atoms with Crippen LogP contribution in [-0.4, -0.2) is 34.4 Å². The highest BCUT2D eigenvalue weighted by molar-refractivity contribution is 7.99. The van der Waals surface area contributed by atoms with Crippen LogP contribution in [0.2, 0.25) is 0 Å². The Labute approximate surface area is 197 Å². The van der Waals surface area contributed by atoms with Crippen molar-refractivity contribution in [2.24, 2.45) is 0 Å². The number of hydrogen-bond donors (Lipinski definition) is 1. The van der Waals surface area contributed by atoms with Gasteiger partial charge in [-0.15, -0.1) is 10.2 Å². The van der Waals surface area contributed by atoms with Crippen LogP contribution in [0.4, 0.5) is 5.69 Å². The average molecular weight is 470 g/mol. The third-order valence-corrected chi connectivity index (χ3v) is 5.39. The van der Waals surface area contributed by atoms with Crippen LogP contribution in [0.25, 0.3) is 0 Å². The van der Waals surface area contributed by atoms with E-state index in [0.29, 0.717) is 23.1 Å². The second-order valence-electron chi connectivity index (χ2n) is 7.58. The quantitative estimate of drug-likeness (QED) is 0.327. The van der Waals surface area contributed by atoms with Crippen LogP contribution in [0, 0.1) is 6.92 Å². The number of ether oxygens (including phenoxy) is 2. The van der Waals surface area contributed by atoms with Crippen molar-refractivity contribution in [3.8, 4) is 5.75 Å². The molecule has 0 bridgehead atoms. The van der Waals surface area contributed by atoms with Crippen LogP contribution in [0.5, 0.6) is 5.75 Å². The summed E-state index contributed by atoms with van der Waals surface area (Å²) in [5, 5.41) is 11.0. The number of rotatable bonds is 10. The van der Waals surface area contributed by atoms with Gasteiger partial charge in [0.2, 0.25) is 5.91 Å². The topological polar surface area (TPSA) is 104 Å². The number of benzene rings is 2. The van der Waals surface area contributed by atoms with Crippen molar-refractivity contribution in [1.82, 2.24) is 10.2 Å². The van der Waals surface area contributed by atoms with Crippen molar-refractivity contribution in [1.29, 1.82) is 0 Å². The first-order valence-corrected chi connectivity index (χ1v) is 11.6. The number of carbonyl (C=O) groups is 2. The summed E-state index contributed by atoms with van der Waals surface area (Å²) in [6.45, 7) is 8.39. The minimum atomic E-state index is -0.435. The van der Waals surface area contributed by atoms with E-state index in [1.54, 1.807) is 31.2 Å². The minimum absolute atomic E-state index is 0.0709. The van der Waals surface area contributed by atoms with E-state index in [0.717, 1.165) is 28.6 Å². The number of nitrogens with zero attached hydrogens (tertiary/aromatic N) is 2. The number of hydrogen-bond acceptors (Lipinski definition) is 8. The van der Waals surface area contributed by atoms with Crippen molar-refractivity contribution < 1.29 is 23.5 Å². The summed E-state index contributed by atoms with van der Waals surface area (Å²) in [6.07, 6.45) is 0. The molecule has 0 radical (unpaired) electrons. The van der Waals surface area contributed by atoms with Gasteiger partial charge in [-0.2, -0.15) is 0 Å². The predicted molar refractivity (Wildman–Crippen MR) is 126 cm³/mol. The number of amides is 1. The Bertz CT molecular complexity index is 1110. The number of esters is 1. The zero-order chi connectivity index (χ0) is 23.8. The van der Waals surface area contributed by atoms with Crippen molar-refractivity contribution in [2.75, 3.05) is 17.7 Å². The maximum atomic E-state index is 12.3. The SMILES string of the molecule is CCOC(=O)c1cccc(NC(=O)CSc2nnc(COc3cc(C)ccc3C(C)C)o2)c1. The zero-order valence-electron chi connectivity index (χ0n) is 19.1. The number of aryl methyl sites for hydroxylation is 1. The Morgan fingerprint density at radius 2 is 1.97 bits per heavy atom. The van der Waals surface area contributed by atoms with Crippen LogP contribution in [-0.2, 0) is 16.1 Å². The molecule has 0 spiro atoms. The molecule has 0 aliphatic heterocycles. The van der Waals surface area contributed by atoms with Gasteiger partial charge in [0.15, 0.2) is 6.61 Å². The molecule has 1 heterocycles. The Morgan fingerprint density at radius 3 is 2.73 bits per heavy atom. The standard InChI is InChI=1S/C24H27N3O5S/c1-5-30-23(29)17-7-6-8-18(12-17)25-21(28)14-33-24-27-26-22(32-24)13-31-20-11-16(4)9-10-19(20)15(2)3/h6-12,15H,5,13-14H2,1-4H3,(H,25,28). The maximum absolute atomic E-state index is 12.3. The van der Waals surface area contributed by atoms with E-state index < -0.39 is 5.97 Å². The maximum Gasteiger partial charge on any atom is 0.338 e. The summed E-state index contributed by atoms with van der Waals surface area (Å²) < 4.78 is 16.5. The number of aromatic nitrogens is 2. The van der Waals surface area contributed by atoms with Gasteiger partial charge in [-0.25, -0.2) is 4.79 Å². The summed E-state index contributed by atoms with van der Waals surface area (Å²) in [5.74, 6) is 0.818. The second-order valence-corrected chi connectivity index (χ2v) is 8.51. The van der Waals surface area contributed by atoms with E-state index in [9.17, 15) is 9.59 Å². The van der Waals surface area contributed by atoms with E-state index in [1.165, 1.54) is 0 Å². The van der Waals surface area contributed by atoms with Gasteiger partial charge >= 0.3 is 5.97 Å². The molecule has 8 nitrogen and oxygen atoms in total. The fourth-order valence-electron chi connectivity index (χ4n) is 3.00. The lowest BCUT2D eigenvalue weighted by Crippen LogP contribution is -2.14. The van der Waals surface area contributed by atoms with E-state index in [2.05, 4.69) is 41.5 Å². The first-order chi connectivity index (χ1) is 15.9. The summed E-state index contributed by atoms with van der Waals surface area (Å²) in [7, 11) is 0. The van der Waals surface area contributed by atoms with Crippen LogP contribution in [0.1, 0.15) is 54.1 Å². The largest absolute Gasteiger partial charge is 0.484 e. The average Bonchev–Trinajstić information content (AvgIpc) is 3.24. The van der Waals surface area contributed by atoms with E-state index >= 15 is 0 Å². The van der Waals surface area contributed by atoms with E-state index in [1.807, 2.05) is 13.0 Å². The molecule has 3 rings (SSSR count). The molecule has 0 aliphatic carbocycles. The monoisotopic (exact) mass is 469 g/mol. The van der Waals surface area contributed by atoms with Crippen molar-refractivity contribution >= 4 is 29.3 Å². The van der Waals surface area contributed by atoms with Crippen molar-refractivity contribution in [3.63, 3.8) is 0 Å². The molecular formula is C24H27N3O5S. The lowest BCUT2D eigenvalue weighted by molar-refractivity contribution is -0.113. The molecule has 1 N–H and O–H groups in total. The van der Waals surface area contributed by atoms with Gasteiger partial charge in [0.25, 0.3) is 11.1 Å². The first-order valence-electron chi connectivity index (χ1n) is 10.6. The number of carbonyl (C=O) groups excluding carboxylic acids is 2. The molecular weight excluding hydrogens is 442 g/mol. The second kappa shape index (κ2) is 11.5. The van der Waals surface area contributed by atoms with E-state index in [-0.39, 0.29) is 30.1 Å². The van der Waals surface area contributed by atoms with Gasteiger partial charge in [0.1, 0.15) is 5.75 Å². The molecule has 1 aromatic heterocycles. The van der Waals surface area contributed by atoms with Gasteiger partial charge in [0, 0.05) is 5.69 Å². The highest BCUT2D eigenvalue weighted by Crippen LogP contribution is 2.28. The molecule has 33 heavy (non-hydrogen) atoms. The highest BCUT2D eigenvalue weighted by Gasteiger charge is 2.14. The summed E-state index contributed by atoms with van der Waals surface area (Å²) in [6, 6.07) is 12.7. The van der Waals surface area contributed by atoms with Crippen LogP contribution in [0.3, 0.4) is 0 Å². The fourth-order valence-corrected chi connectivity index (χ4v) is 3.58. The zero-order valence-corrected chi connectivity index (χ0v) is 19.9. The molecule has 3 aromatic rings.